The third-order valence-electron chi connectivity index (χ3n) is 6.55. The van der Waals surface area contributed by atoms with Crippen LogP contribution in [-0.4, -0.2) is 37.6 Å². The van der Waals surface area contributed by atoms with E-state index in [1.54, 1.807) is 0 Å². The lowest BCUT2D eigenvalue weighted by molar-refractivity contribution is 0.144. The Bertz CT molecular complexity index is 285. The van der Waals surface area contributed by atoms with E-state index in [0.717, 1.165) is 17.9 Å². The van der Waals surface area contributed by atoms with Crippen LogP contribution in [0.2, 0.25) is 0 Å². The Hall–Kier alpha value is -0.0800. The van der Waals surface area contributed by atoms with Crippen molar-refractivity contribution < 1.29 is 0 Å². The van der Waals surface area contributed by atoms with E-state index in [0.29, 0.717) is 5.41 Å². The Balaban J connectivity index is 1.91. The van der Waals surface area contributed by atoms with Gasteiger partial charge in [-0.25, -0.2) is 0 Å². The van der Waals surface area contributed by atoms with Crippen molar-refractivity contribution in [1.82, 2.24) is 10.2 Å². The van der Waals surface area contributed by atoms with E-state index >= 15 is 0 Å². The minimum Gasteiger partial charge on any atom is -0.317 e. The Morgan fingerprint density at radius 2 is 1.90 bits per heavy atom. The molecule has 1 aliphatic heterocycles. The highest BCUT2D eigenvalue weighted by molar-refractivity contribution is 4.91. The molecule has 20 heavy (non-hydrogen) atoms. The summed E-state index contributed by atoms with van der Waals surface area (Å²) in [6.45, 7) is 11.2. The average Bonchev–Trinajstić information content (AvgIpc) is 2.91. The van der Waals surface area contributed by atoms with E-state index in [1.165, 1.54) is 64.6 Å². The largest absolute Gasteiger partial charge is 0.317 e. The predicted octanol–water partition coefficient (Wildman–Crippen LogP) is 3.91. The van der Waals surface area contributed by atoms with Crippen molar-refractivity contribution in [3.63, 3.8) is 0 Å². The van der Waals surface area contributed by atoms with Crippen LogP contribution < -0.4 is 5.32 Å². The molecule has 0 aromatic rings. The molecular weight excluding hydrogens is 244 g/mol. The molecular formula is C18H36N2. The lowest BCUT2D eigenvalue weighted by Crippen LogP contribution is -2.44. The molecule has 118 valence electrons. The SMILES string of the molecule is CCC1CCC(NC)C(CN2CCC(CC)(CC)C2)C1. The van der Waals surface area contributed by atoms with Gasteiger partial charge >= 0.3 is 0 Å². The third-order valence-corrected chi connectivity index (χ3v) is 6.55. The molecule has 2 aliphatic rings. The fraction of sp³-hybridized carbons (Fsp3) is 1.00. The summed E-state index contributed by atoms with van der Waals surface area (Å²) in [4.78, 5) is 2.78. The van der Waals surface area contributed by atoms with Gasteiger partial charge in [-0.3, -0.25) is 0 Å². The monoisotopic (exact) mass is 280 g/mol. The Morgan fingerprint density at radius 1 is 1.15 bits per heavy atom. The molecule has 1 heterocycles. The number of rotatable bonds is 6. The van der Waals surface area contributed by atoms with Crippen molar-refractivity contribution in [2.24, 2.45) is 17.3 Å². The minimum atomic E-state index is 0.633. The van der Waals surface area contributed by atoms with E-state index in [9.17, 15) is 0 Å². The van der Waals surface area contributed by atoms with Crippen LogP contribution in [0.4, 0.5) is 0 Å². The van der Waals surface area contributed by atoms with Gasteiger partial charge < -0.3 is 10.2 Å². The second-order valence-corrected chi connectivity index (χ2v) is 7.43. The van der Waals surface area contributed by atoms with Crippen LogP contribution in [-0.2, 0) is 0 Å². The second-order valence-electron chi connectivity index (χ2n) is 7.43. The molecule has 3 atom stereocenters. The normalized spacial score (nSPS) is 34.5. The number of nitrogens with one attached hydrogen (secondary N) is 1. The molecule has 2 rings (SSSR count). The van der Waals surface area contributed by atoms with Gasteiger partial charge in [-0.15, -0.1) is 0 Å². The summed E-state index contributed by atoms with van der Waals surface area (Å²) in [6, 6.07) is 0.760. The summed E-state index contributed by atoms with van der Waals surface area (Å²) in [7, 11) is 2.16. The van der Waals surface area contributed by atoms with Gasteiger partial charge in [0, 0.05) is 19.1 Å². The average molecular weight is 280 g/mol. The van der Waals surface area contributed by atoms with Crippen LogP contribution in [0.15, 0.2) is 0 Å². The minimum absolute atomic E-state index is 0.633. The fourth-order valence-corrected chi connectivity index (χ4v) is 4.66. The first-order valence-corrected chi connectivity index (χ1v) is 9.06. The zero-order valence-corrected chi connectivity index (χ0v) is 14.3. The third kappa shape index (κ3) is 3.57. The molecule has 0 spiro atoms. The highest BCUT2D eigenvalue weighted by Gasteiger charge is 2.37. The van der Waals surface area contributed by atoms with Gasteiger partial charge in [-0.05, 0) is 69.4 Å². The number of likely N-dealkylation sites (tertiary alicyclic amines) is 1. The van der Waals surface area contributed by atoms with Crippen molar-refractivity contribution in [2.75, 3.05) is 26.7 Å². The van der Waals surface area contributed by atoms with Gasteiger partial charge in [0.15, 0.2) is 0 Å². The maximum absolute atomic E-state index is 3.59. The summed E-state index contributed by atoms with van der Waals surface area (Å²) in [5.74, 6) is 1.86. The van der Waals surface area contributed by atoms with Gasteiger partial charge in [0.2, 0.25) is 0 Å². The summed E-state index contributed by atoms with van der Waals surface area (Å²) in [5, 5.41) is 3.59. The molecule has 1 saturated heterocycles. The Labute approximate surface area is 126 Å². The maximum Gasteiger partial charge on any atom is 0.0105 e. The zero-order valence-electron chi connectivity index (χ0n) is 14.3. The summed E-state index contributed by atoms with van der Waals surface area (Å²) in [5.41, 5.74) is 0.633. The van der Waals surface area contributed by atoms with Gasteiger partial charge in [0.25, 0.3) is 0 Å². The molecule has 1 aliphatic carbocycles. The van der Waals surface area contributed by atoms with Gasteiger partial charge in [0.05, 0.1) is 0 Å². The van der Waals surface area contributed by atoms with Crippen LogP contribution in [0.3, 0.4) is 0 Å². The summed E-state index contributed by atoms with van der Waals surface area (Å²) >= 11 is 0. The standard InChI is InChI=1S/C18H36N2/c1-5-15-8-9-17(19-4)16(12-15)13-20-11-10-18(6-2,7-3)14-20/h15-17,19H,5-14H2,1-4H3. The Morgan fingerprint density at radius 3 is 2.45 bits per heavy atom. The summed E-state index contributed by atoms with van der Waals surface area (Å²) < 4.78 is 0. The Kier molecular flexibility index (Phi) is 5.92. The molecule has 3 unspecified atom stereocenters. The van der Waals surface area contributed by atoms with Crippen LogP contribution in [0, 0.1) is 17.3 Å². The second kappa shape index (κ2) is 7.26. The van der Waals surface area contributed by atoms with Crippen molar-refractivity contribution >= 4 is 0 Å². The predicted molar refractivity (Wildman–Crippen MR) is 88.0 cm³/mol. The van der Waals surface area contributed by atoms with Crippen molar-refractivity contribution in [1.29, 1.82) is 0 Å². The van der Waals surface area contributed by atoms with Crippen molar-refractivity contribution in [3.8, 4) is 0 Å². The highest BCUT2D eigenvalue weighted by Crippen LogP contribution is 2.39. The molecule has 1 N–H and O–H groups in total. The molecule has 1 saturated carbocycles. The molecule has 2 heteroatoms. The van der Waals surface area contributed by atoms with Crippen LogP contribution in [0.25, 0.3) is 0 Å². The number of hydrogen-bond donors (Lipinski definition) is 1. The van der Waals surface area contributed by atoms with Crippen molar-refractivity contribution in [2.45, 2.75) is 71.8 Å². The lowest BCUT2D eigenvalue weighted by atomic mass is 9.76. The van der Waals surface area contributed by atoms with Gasteiger partial charge in [-0.1, -0.05) is 27.2 Å². The van der Waals surface area contributed by atoms with E-state index < -0.39 is 0 Å². The van der Waals surface area contributed by atoms with E-state index in [2.05, 4.69) is 38.0 Å². The molecule has 0 amide bonds. The number of nitrogens with zero attached hydrogens (tertiary/aromatic N) is 1. The van der Waals surface area contributed by atoms with Crippen LogP contribution >= 0.6 is 0 Å². The first kappa shape index (κ1) is 16.3. The molecule has 0 aromatic carbocycles. The smallest absolute Gasteiger partial charge is 0.0105 e. The molecule has 2 nitrogen and oxygen atoms in total. The molecule has 2 fully saturated rings. The van der Waals surface area contributed by atoms with Crippen LogP contribution in [0.5, 0.6) is 0 Å². The first-order chi connectivity index (χ1) is 9.66. The zero-order chi connectivity index (χ0) is 14.6. The van der Waals surface area contributed by atoms with Crippen LogP contribution in [0.1, 0.15) is 65.7 Å². The molecule has 0 aromatic heterocycles. The number of hydrogen-bond acceptors (Lipinski definition) is 2. The quantitative estimate of drug-likeness (QED) is 0.793. The van der Waals surface area contributed by atoms with E-state index in [1.807, 2.05) is 0 Å². The maximum atomic E-state index is 3.59. The topological polar surface area (TPSA) is 15.3 Å². The molecule has 0 bridgehead atoms. The molecule has 0 radical (unpaired) electrons. The van der Waals surface area contributed by atoms with Gasteiger partial charge in [-0.2, -0.15) is 0 Å². The van der Waals surface area contributed by atoms with E-state index in [4.69, 9.17) is 0 Å². The van der Waals surface area contributed by atoms with Crippen molar-refractivity contribution in [3.05, 3.63) is 0 Å². The first-order valence-electron chi connectivity index (χ1n) is 9.06. The van der Waals surface area contributed by atoms with E-state index in [-0.39, 0.29) is 0 Å². The lowest BCUT2D eigenvalue weighted by Gasteiger charge is -2.38. The fourth-order valence-electron chi connectivity index (χ4n) is 4.66. The van der Waals surface area contributed by atoms with Gasteiger partial charge in [0.1, 0.15) is 0 Å². The highest BCUT2D eigenvalue weighted by atomic mass is 15.2. The summed E-state index contributed by atoms with van der Waals surface area (Å²) in [6.07, 6.45) is 9.79.